The minimum Gasteiger partial charge on any atom is -0.378 e. The summed E-state index contributed by atoms with van der Waals surface area (Å²) in [6, 6.07) is 0. The Hall–Kier alpha value is -1.06. The topological polar surface area (TPSA) is 82.0 Å². The third-order valence-corrected chi connectivity index (χ3v) is 2.60. The van der Waals surface area contributed by atoms with Crippen LogP contribution in [0, 0.1) is 13.7 Å². The number of rotatable bonds is 2. The molecule has 8 heteroatoms. The fourth-order valence-electron chi connectivity index (χ4n) is 0.832. The van der Waals surface area contributed by atoms with Crippen molar-refractivity contribution in [3.05, 3.63) is 25.4 Å². The number of anilines is 1. The number of hydrogen-bond donors (Lipinski definition) is 1. The van der Waals surface area contributed by atoms with E-state index in [-0.39, 0.29) is 9.39 Å². The molecule has 0 saturated carbocycles. The molecule has 1 aromatic heterocycles. The number of halogens is 3. The molecule has 0 aliphatic carbocycles. The van der Waals surface area contributed by atoms with Crippen molar-refractivity contribution in [2.24, 2.45) is 0 Å². The smallest absolute Gasteiger partial charge is 0.324 e. The zero-order chi connectivity index (χ0) is 10.9. The van der Waals surface area contributed by atoms with Crippen LogP contribution >= 0.6 is 22.6 Å². The van der Waals surface area contributed by atoms with Gasteiger partial charge < -0.3 is 5.73 Å². The normalized spacial score (nSPS) is 10.6. The van der Waals surface area contributed by atoms with Crippen molar-refractivity contribution < 1.29 is 13.7 Å². The first-order chi connectivity index (χ1) is 6.45. The molecular formula is C6H4F2IN3O2. The van der Waals surface area contributed by atoms with E-state index in [9.17, 15) is 18.9 Å². The molecule has 76 valence electrons. The molecule has 0 amide bonds. The van der Waals surface area contributed by atoms with Crippen molar-refractivity contribution in [2.75, 3.05) is 5.73 Å². The van der Waals surface area contributed by atoms with E-state index in [1.807, 2.05) is 0 Å². The van der Waals surface area contributed by atoms with E-state index in [2.05, 4.69) is 4.98 Å². The molecule has 0 fully saturated rings. The van der Waals surface area contributed by atoms with E-state index in [1.165, 1.54) is 22.6 Å². The molecule has 2 N–H and O–H groups in total. The monoisotopic (exact) mass is 315 g/mol. The Morgan fingerprint density at radius 3 is 2.64 bits per heavy atom. The van der Waals surface area contributed by atoms with E-state index in [1.54, 1.807) is 0 Å². The number of nitrogen functional groups attached to an aromatic ring is 1. The van der Waals surface area contributed by atoms with Gasteiger partial charge in [-0.2, -0.15) is 0 Å². The Balaban J connectivity index is 3.41. The lowest BCUT2D eigenvalue weighted by Gasteiger charge is -2.04. The molecule has 14 heavy (non-hydrogen) atoms. The number of hydrogen-bond acceptors (Lipinski definition) is 4. The highest BCUT2D eigenvalue weighted by atomic mass is 127. The standard InChI is InChI=1S/C6H4F2IN3O2/c7-5(8)2-1-11-6(10)4(3(2)9)12(13)14/h1,5H,(H2,10,11). The van der Waals surface area contributed by atoms with Gasteiger partial charge in [0.1, 0.15) is 3.57 Å². The van der Waals surface area contributed by atoms with Crippen molar-refractivity contribution in [2.45, 2.75) is 6.43 Å². The van der Waals surface area contributed by atoms with E-state index < -0.39 is 22.6 Å². The lowest BCUT2D eigenvalue weighted by molar-refractivity contribution is -0.385. The summed E-state index contributed by atoms with van der Waals surface area (Å²) in [5, 5.41) is 10.5. The molecular weight excluding hydrogens is 311 g/mol. The van der Waals surface area contributed by atoms with E-state index in [0.29, 0.717) is 0 Å². The molecule has 1 rings (SSSR count). The van der Waals surface area contributed by atoms with Gasteiger partial charge in [-0.15, -0.1) is 0 Å². The molecule has 0 radical (unpaired) electrons. The first-order valence-corrected chi connectivity index (χ1v) is 4.39. The van der Waals surface area contributed by atoms with Gasteiger partial charge in [0, 0.05) is 6.20 Å². The van der Waals surface area contributed by atoms with Crippen LogP contribution in [0.5, 0.6) is 0 Å². The molecule has 0 atom stereocenters. The molecule has 0 bridgehead atoms. The average molecular weight is 315 g/mol. The third kappa shape index (κ3) is 1.89. The molecule has 1 aromatic rings. The second-order valence-corrected chi connectivity index (χ2v) is 3.40. The lowest BCUT2D eigenvalue weighted by atomic mass is 10.2. The van der Waals surface area contributed by atoms with Gasteiger partial charge in [0.25, 0.3) is 6.43 Å². The molecule has 0 saturated heterocycles. The first-order valence-electron chi connectivity index (χ1n) is 3.31. The van der Waals surface area contributed by atoms with Gasteiger partial charge in [0.2, 0.25) is 5.82 Å². The zero-order valence-corrected chi connectivity index (χ0v) is 8.73. The largest absolute Gasteiger partial charge is 0.378 e. The van der Waals surface area contributed by atoms with Crippen LogP contribution in [-0.2, 0) is 0 Å². The Kier molecular flexibility index (Phi) is 3.13. The maximum Gasteiger partial charge on any atom is 0.324 e. The molecule has 0 aliphatic rings. The number of nitrogens with two attached hydrogens (primary N) is 1. The second-order valence-electron chi connectivity index (χ2n) is 2.32. The quantitative estimate of drug-likeness (QED) is 0.515. The van der Waals surface area contributed by atoms with E-state index in [0.717, 1.165) is 6.20 Å². The van der Waals surface area contributed by atoms with Crippen molar-refractivity contribution in [1.29, 1.82) is 0 Å². The van der Waals surface area contributed by atoms with Crippen LogP contribution in [0.1, 0.15) is 12.0 Å². The van der Waals surface area contributed by atoms with Gasteiger partial charge in [0.05, 0.1) is 10.5 Å². The third-order valence-electron chi connectivity index (χ3n) is 1.46. The predicted molar refractivity (Wildman–Crippen MR) is 53.0 cm³/mol. The summed E-state index contributed by atoms with van der Waals surface area (Å²) >= 11 is 1.46. The summed E-state index contributed by atoms with van der Waals surface area (Å²) in [6.07, 6.45) is -1.96. The van der Waals surface area contributed by atoms with E-state index >= 15 is 0 Å². The summed E-state index contributed by atoms with van der Waals surface area (Å²) in [7, 11) is 0. The summed E-state index contributed by atoms with van der Waals surface area (Å²) in [5.74, 6) is -0.358. The van der Waals surface area contributed by atoms with Crippen LogP contribution in [0.3, 0.4) is 0 Å². The molecule has 0 spiro atoms. The zero-order valence-electron chi connectivity index (χ0n) is 6.58. The van der Waals surface area contributed by atoms with Gasteiger partial charge in [0.15, 0.2) is 0 Å². The maximum atomic E-state index is 12.3. The van der Waals surface area contributed by atoms with Crippen molar-refractivity contribution >= 4 is 34.1 Å². The van der Waals surface area contributed by atoms with Crippen LogP contribution < -0.4 is 5.73 Å². The maximum absolute atomic E-state index is 12.3. The van der Waals surface area contributed by atoms with E-state index in [4.69, 9.17) is 5.73 Å². The Bertz CT molecular complexity index is 386. The van der Waals surface area contributed by atoms with Crippen molar-refractivity contribution in [1.82, 2.24) is 4.98 Å². The number of nitrogens with zero attached hydrogens (tertiary/aromatic N) is 2. The van der Waals surface area contributed by atoms with Gasteiger partial charge >= 0.3 is 5.69 Å². The molecule has 0 aliphatic heterocycles. The van der Waals surface area contributed by atoms with Crippen molar-refractivity contribution in [3.63, 3.8) is 0 Å². The van der Waals surface area contributed by atoms with Crippen LogP contribution in [0.25, 0.3) is 0 Å². The minimum atomic E-state index is -2.80. The fourth-order valence-corrected chi connectivity index (χ4v) is 1.68. The molecule has 0 aromatic carbocycles. The highest BCUT2D eigenvalue weighted by Gasteiger charge is 2.24. The minimum absolute atomic E-state index is 0.171. The molecule has 5 nitrogen and oxygen atoms in total. The molecule has 1 heterocycles. The number of alkyl halides is 2. The van der Waals surface area contributed by atoms with Crippen LogP contribution in [0.15, 0.2) is 6.20 Å². The highest BCUT2D eigenvalue weighted by Crippen LogP contribution is 2.33. The van der Waals surface area contributed by atoms with Gasteiger partial charge in [-0.25, -0.2) is 13.8 Å². The second kappa shape index (κ2) is 3.98. The predicted octanol–water partition coefficient (Wildman–Crippen LogP) is 2.11. The highest BCUT2D eigenvalue weighted by molar-refractivity contribution is 14.1. The Labute approximate surface area is 90.6 Å². The fraction of sp³-hybridized carbons (Fsp3) is 0.167. The summed E-state index contributed by atoms with van der Waals surface area (Å²) in [5.41, 5.74) is 4.14. The number of pyridine rings is 1. The van der Waals surface area contributed by atoms with Gasteiger partial charge in [-0.1, -0.05) is 0 Å². The summed E-state index contributed by atoms with van der Waals surface area (Å²) in [4.78, 5) is 13.0. The van der Waals surface area contributed by atoms with Gasteiger partial charge in [-0.3, -0.25) is 10.1 Å². The molecule has 0 unspecified atom stereocenters. The Morgan fingerprint density at radius 2 is 2.21 bits per heavy atom. The Morgan fingerprint density at radius 1 is 1.64 bits per heavy atom. The first kappa shape index (κ1) is 11.0. The average Bonchev–Trinajstić information content (AvgIpc) is 2.02. The SMILES string of the molecule is Nc1ncc(C(F)F)c(I)c1[N+](=O)[O-]. The number of aromatic nitrogens is 1. The summed E-state index contributed by atoms with van der Waals surface area (Å²) in [6.45, 7) is 0. The lowest BCUT2D eigenvalue weighted by Crippen LogP contribution is -2.04. The van der Waals surface area contributed by atoms with Crippen LogP contribution in [-0.4, -0.2) is 9.91 Å². The van der Waals surface area contributed by atoms with Crippen LogP contribution in [0.4, 0.5) is 20.3 Å². The van der Waals surface area contributed by atoms with Crippen molar-refractivity contribution in [3.8, 4) is 0 Å². The summed E-state index contributed by atoms with van der Waals surface area (Å²) < 4.78 is 24.4. The van der Waals surface area contributed by atoms with Gasteiger partial charge in [-0.05, 0) is 22.6 Å². The van der Waals surface area contributed by atoms with Crippen LogP contribution in [0.2, 0.25) is 0 Å². The number of nitro groups is 1.